The molecule has 35 heavy (non-hydrogen) atoms. The summed E-state index contributed by atoms with van der Waals surface area (Å²) in [6.45, 7) is 7.16. The van der Waals surface area contributed by atoms with Gasteiger partial charge in [0.1, 0.15) is 0 Å². The van der Waals surface area contributed by atoms with Crippen LogP contribution in [-0.4, -0.2) is 35.7 Å². The number of halogens is 1. The Kier molecular flexibility index (Phi) is 8.05. The van der Waals surface area contributed by atoms with Crippen LogP contribution in [0.3, 0.4) is 0 Å². The van der Waals surface area contributed by atoms with Crippen molar-refractivity contribution in [1.29, 1.82) is 0 Å². The lowest BCUT2D eigenvalue weighted by Crippen LogP contribution is -2.30. The summed E-state index contributed by atoms with van der Waals surface area (Å²) in [4.78, 5) is 24.7. The van der Waals surface area contributed by atoms with Crippen LogP contribution >= 0.6 is 22.9 Å². The van der Waals surface area contributed by atoms with Gasteiger partial charge in [-0.15, -0.1) is 0 Å². The number of amides is 1. The van der Waals surface area contributed by atoms with E-state index >= 15 is 0 Å². The summed E-state index contributed by atoms with van der Waals surface area (Å²) in [5.74, 6) is 1.14. The fraction of sp³-hybridized carbons (Fsp3) is 0.269. The average Bonchev–Trinajstić information content (AvgIpc) is 3.27. The van der Waals surface area contributed by atoms with E-state index in [4.69, 9.17) is 30.8 Å². The van der Waals surface area contributed by atoms with Crippen LogP contribution in [0, 0.1) is 0 Å². The van der Waals surface area contributed by atoms with E-state index in [0.717, 1.165) is 15.9 Å². The third-order valence-corrected chi connectivity index (χ3v) is 6.29. The van der Waals surface area contributed by atoms with E-state index < -0.39 is 0 Å². The van der Waals surface area contributed by atoms with Gasteiger partial charge in [-0.2, -0.15) is 0 Å². The number of hydrogen-bond donors (Lipinski definition) is 0. The molecule has 2 aromatic heterocycles. The Morgan fingerprint density at radius 2 is 1.69 bits per heavy atom. The molecule has 4 rings (SSSR count). The average molecular weight is 512 g/mol. The number of pyridine rings is 1. The summed E-state index contributed by atoms with van der Waals surface area (Å²) in [5.41, 5.74) is 1.90. The SMILES string of the molecule is CCOc1cc(C(=O)N(Cc2ccccn2)c2nc3ccc(Cl)cc3s2)cc(OCC)c1OCC. The van der Waals surface area contributed by atoms with Crippen LogP contribution < -0.4 is 19.1 Å². The molecule has 0 unspecified atom stereocenters. The maximum Gasteiger partial charge on any atom is 0.260 e. The highest BCUT2D eigenvalue weighted by Crippen LogP contribution is 2.40. The second kappa shape index (κ2) is 11.4. The zero-order valence-electron chi connectivity index (χ0n) is 19.8. The third-order valence-electron chi connectivity index (χ3n) is 5.02. The zero-order valence-corrected chi connectivity index (χ0v) is 21.4. The Morgan fingerprint density at radius 1 is 0.971 bits per heavy atom. The van der Waals surface area contributed by atoms with E-state index in [9.17, 15) is 4.79 Å². The first-order valence-electron chi connectivity index (χ1n) is 11.4. The Morgan fingerprint density at radius 3 is 2.31 bits per heavy atom. The molecule has 9 heteroatoms. The molecule has 1 amide bonds. The molecule has 0 saturated heterocycles. The number of thiazole rings is 1. The van der Waals surface area contributed by atoms with E-state index in [1.165, 1.54) is 11.3 Å². The topological polar surface area (TPSA) is 73.8 Å². The maximum atomic E-state index is 14.0. The molecule has 2 aromatic carbocycles. The van der Waals surface area contributed by atoms with Gasteiger partial charge in [0.15, 0.2) is 16.6 Å². The van der Waals surface area contributed by atoms with Gasteiger partial charge < -0.3 is 14.2 Å². The van der Waals surface area contributed by atoms with E-state index in [1.807, 2.05) is 51.1 Å². The number of rotatable bonds is 10. The van der Waals surface area contributed by atoms with Crippen LogP contribution in [0.4, 0.5) is 5.13 Å². The summed E-state index contributed by atoms with van der Waals surface area (Å²) in [7, 11) is 0. The second-order valence-corrected chi connectivity index (χ2v) is 8.87. The first kappa shape index (κ1) is 24.8. The second-order valence-electron chi connectivity index (χ2n) is 7.42. The lowest BCUT2D eigenvalue weighted by atomic mass is 10.1. The van der Waals surface area contributed by atoms with Crippen molar-refractivity contribution < 1.29 is 19.0 Å². The fourth-order valence-electron chi connectivity index (χ4n) is 3.55. The van der Waals surface area contributed by atoms with E-state index in [-0.39, 0.29) is 12.5 Å². The lowest BCUT2D eigenvalue weighted by Gasteiger charge is -2.22. The number of benzene rings is 2. The van der Waals surface area contributed by atoms with Gasteiger partial charge in [-0.3, -0.25) is 14.7 Å². The standard InChI is InChI=1S/C26H26ClN3O4S/c1-4-32-21-13-17(14-22(33-5-2)24(21)34-6-3)25(31)30(16-19-9-7-8-12-28-19)26-29-20-11-10-18(27)15-23(20)35-26/h7-15H,4-6,16H2,1-3H3. The molecule has 0 aliphatic carbocycles. The van der Waals surface area contributed by atoms with Crippen molar-refractivity contribution in [2.75, 3.05) is 24.7 Å². The zero-order chi connectivity index (χ0) is 24.8. The molecule has 0 radical (unpaired) electrons. The molecule has 0 fully saturated rings. The summed E-state index contributed by atoms with van der Waals surface area (Å²) in [5, 5.41) is 1.16. The molecule has 4 aromatic rings. The minimum atomic E-state index is -0.259. The van der Waals surface area contributed by atoms with Crippen LogP contribution in [0.25, 0.3) is 10.2 Å². The molecule has 0 N–H and O–H groups in total. The van der Waals surface area contributed by atoms with Crippen molar-refractivity contribution in [3.8, 4) is 17.2 Å². The third kappa shape index (κ3) is 5.66. The van der Waals surface area contributed by atoms with Gasteiger partial charge in [-0.25, -0.2) is 4.98 Å². The number of carbonyl (C=O) groups excluding carboxylic acids is 1. The van der Waals surface area contributed by atoms with Gasteiger partial charge >= 0.3 is 0 Å². The lowest BCUT2D eigenvalue weighted by molar-refractivity contribution is 0.0983. The number of carbonyl (C=O) groups is 1. The first-order valence-corrected chi connectivity index (χ1v) is 12.6. The van der Waals surface area contributed by atoms with Crippen LogP contribution in [0.1, 0.15) is 36.8 Å². The van der Waals surface area contributed by atoms with Gasteiger partial charge in [-0.1, -0.05) is 29.0 Å². The summed E-state index contributed by atoms with van der Waals surface area (Å²) in [6, 6.07) is 14.5. The van der Waals surface area contributed by atoms with E-state index in [2.05, 4.69) is 4.98 Å². The van der Waals surface area contributed by atoms with Crippen molar-refractivity contribution in [1.82, 2.24) is 9.97 Å². The molecule has 2 heterocycles. The molecule has 7 nitrogen and oxygen atoms in total. The number of anilines is 1. The van der Waals surface area contributed by atoms with Gasteiger partial charge in [0.25, 0.3) is 5.91 Å². The Labute approximate surface area is 213 Å². The number of ether oxygens (including phenoxy) is 3. The van der Waals surface area contributed by atoms with Crippen molar-refractivity contribution in [2.45, 2.75) is 27.3 Å². The van der Waals surface area contributed by atoms with E-state index in [1.54, 1.807) is 29.3 Å². The molecule has 0 bridgehead atoms. The molecule has 182 valence electrons. The number of aromatic nitrogens is 2. The molecular weight excluding hydrogens is 486 g/mol. The monoisotopic (exact) mass is 511 g/mol. The highest BCUT2D eigenvalue weighted by molar-refractivity contribution is 7.22. The summed E-state index contributed by atoms with van der Waals surface area (Å²) >= 11 is 7.58. The molecule has 0 aliphatic rings. The number of nitrogens with zero attached hydrogens (tertiary/aromatic N) is 3. The Balaban J connectivity index is 1.81. The van der Waals surface area contributed by atoms with Crippen LogP contribution in [-0.2, 0) is 6.54 Å². The van der Waals surface area contributed by atoms with E-state index in [0.29, 0.717) is 52.8 Å². The maximum absolute atomic E-state index is 14.0. The van der Waals surface area contributed by atoms with Gasteiger partial charge in [0.05, 0.1) is 42.3 Å². The van der Waals surface area contributed by atoms with Gasteiger partial charge in [-0.05, 0) is 63.2 Å². The van der Waals surface area contributed by atoms with Gasteiger partial charge in [0, 0.05) is 16.8 Å². The summed E-state index contributed by atoms with van der Waals surface area (Å²) < 4.78 is 18.3. The predicted molar refractivity (Wildman–Crippen MR) is 139 cm³/mol. The largest absolute Gasteiger partial charge is 0.490 e. The number of hydrogen-bond acceptors (Lipinski definition) is 7. The molecule has 0 atom stereocenters. The molecule has 0 aliphatic heterocycles. The van der Waals surface area contributed by atoms with Crippen molar-refractivity contribution in [3.05, 3.63) is 71.0 Å². The fourth-order valence-corrected chi connectivity index (χ4v) is 4.79. The minimum absolute atomic E-state index is 0.244. The van der Waals surface area contributed by atoms with Crippen molar-refractivity contribution in [3.63, 3.8) is 0 Å². The van der Waals surface area contributed by atoms with Gasteiger partial charge in [0.2, 0.25) is 5.75 Å². The molecule has 0 spiro atoms. The highest BCUT2D eigenvalue weighted by Gasteiger charge is 2.26. The normalized spacial score (nSPS) is 10.9. The highest BCUT2D eigenvalue weighted by atomic mass is 35.5. The van der Waals surface area contributed by atoms with Crippen molar-refractivity contribution in [2.24, 2.45) is 0 Å². The number of fused-ring (bicyclic) bond motifs is 1. The predicted octanol–water partition coefficient (Wildman–Crippen LogP) is 6.39. The quantitative estimate of drug-likeness (QED) is 0.246. The smallest absolute Gasteiger partial charge is 0.260 e. The Hall–Kier alpha value is -3.36. The molecule has 0 saturated carbocycles. The Bertz CT molecular complexity index is 1290. The molecular formula is C26H26ClN3O4S. The first-order chi connectivity index (χ1) is 17.0. The van der Waals surface area contributed by atoms with Crippen LogP contribution in [0.2, 0.25) is 5.02 Å². The summed E-state index contributed by atoms with van der Waals surface area (Å²) in [6.07, 6.45) is 1.70. The van der Waals surface area contributed by atoms with Crippen LogP contribution in [0.15, 0.2) is 54.7 Å². The van der Waals surface area contributed by atoms with Crippen LogP contribution in [0.5, 0.6) is 17.2 Å². The minimum Gasteiger partial charge on any atom is -0.490 e. The van der Waals surface area contributed by atoms with Crippen molar-refractivity contribution >= 4 is 44.2 Å².